The number of aromatic nitrogens is 2. The first-order valence-corrected chi connectivity index (χ1v) is 24.7. The highest BCUT2D eigenvalue weighted by Gasteiger charge is 2.34. The summed E-state index contributed by atoms with van der Waals surface area (Å²) < 4.78 is 136. The Morgan fingerprint density at radius 3 is 1.35 bits per heavy atom. The number of nitrogens with zero attached hydrogens (tertiary/aromatic N) is 6. The number of hydrogen-bond donors (Lipinski definition) is 0. The lowest BCUT2D eigenvalue weighted by Crippen LogP contribution is -2.48. The van der Waals surface area contributed by atoms with Crippen molar-refractivity contribution < 1.29 is 52.7 Å². The van der Waals surface area contributed by atoms with E-state index in [-0.39, 0.29) is 36.0 Å². The molecule has 65 heavy (non-hydrogen) atoms. The first-order valence-electron chi connectivity index (χ1n) is 20.0. The molecular formula is C43H42F6N6O6S4. The lowest BCUT2D eigenvalue weighted by atomic mass is 10.1. The highest BCUT2D eigenvalue weighted by molar-refractivity contribution is 7.89. The summed E-state index contributed by atoms with van der Waals surface area (Å²) in [5, 5.41) is 5.73. The van der Waals surface area contributed by atoms with Crippen LogP contribution in [0.4, 0.5) is 36.6 Å². The topological polar surface area (TPSA) is 125 Å². The van der Waals surface area contributed by atoms with E-state index in [1.165, 1.54) is 48.0 Å². The Kier molecular flexibility index (Phi) is 14.7. The third kappa shape index (κ3) is 12.8. The van der Waals surface area contributed by atoms with Gasteiger partial charge in [-0.1, -0.05) is 54.6 Å². The highest BCUT2D eigenvalue weighted by Crippen LogP contribution is 2.30. The second kappa shape index (κ2) is 20.1. The summed E-state index contributed by atoms with van der Waals surface area (Å²) in [6.45, 7) is 5.02. The average molecular weight is 981 g/mol. The number of rotatable bonds is 12. The molecule has 4 aromatic carbocycles. The van der Waals surface area contributed by atoms with Crippen molar-refractivity contribution in [1.82, 2.24) is 18.6 Å². The van der Waals surface area contributed by atoms with Gasteiger partial charge in [-0.15, -0.1) is 49.0 Å². The van der Waals surface area contributed by atoms with E-state index in [0.717, 1.165) is 83.0 Å². The number of alkyl halides is 6. The van der Waals surface area contributed by atoms with Crippen molar-refractivity contribution in [3.05, 3.63) is 142 Å². The number of aryl methyl sites for hydroxylation is 1. The average Bonchev–Trinajstić information content (AvgIpc) is 3.95. The van der Waals surface area contributed by atoms with E-state index in [0.29, 0.717) is 26.2 Å². The smallest absolute Gasteiger partial charge is 0.406 e. The van der Waals surface area contributed by atoms with E-state index < -0.39 is 44.3 Å². The summed E-state index contributed by atoms with van der Waals surface area (Å²) in [5.41, 5.74) is 5.54. The fourth-order valence-corrected chi connectivity index (χ4v) is 11.6. The molecule has 0 amide bonds. The van der Waals surface area contributed by atoms with Crippen molar-refractivity contribution >= 4 is 53.0 Å². The first kappa shape index (κ1) is 47.7. The molecule has 8 rings (SSSR count). The maximum Gasteiger partial charge on any atom is 0.573 e. The van der Waals surface area contributed by atoms with Crippen LogP contribution in [0.1, 0.15) is 28.1 Å². The zero-order valence-corrected chi connectivity index (χ0v) is 37.8. The standard InChI is InChI=1S/C22H22F3N3O3S2.C21H20F3N3O3S2/c1-16-4-2-3-5-17(16)14-18-15-32-21(26-18)27-10-12-28(13-11-27)33(29,30)20-8-6-19(7-9-20)31-22(23,24)25;22-21(23,24)30-18-6-8-19(9-7-18)32(28,29)27-12-10-26(11-13-27)20-25-17(15-31-20)14-16-4-2-1-3-5-16/h2-9,15H,10-14H2,1H3;1-9,15H,10-14H2. The Balaban J connectivity index is 0.000000194. The van der Waals surface area contributed by atoms with Crippen LogP contribution in [0.15, 0.2) is 124 Å². The number of ether oxygens (including phenoxy) is 2. The summed E-state index contributed by atoms with van der Waals surface area (Å²) in [4.78, 5) is 13.4. The fraction of sp³-hybridized carbons (Fsp3) is 0.302. The molecule has 346 valence electrons. The first-order chi connectivity index (χ1) is 30.8. The fourth-order valence-electron chi connectivity index (χ4n) is 7.02. The van der Waals surface area contributed by atoms with Crippen LogP contribution in [0.25, 0.3) is 0 Å². The van der Waals surface area contributed by atoms with Gasteiger partial charge >= 0.3 is 12.7 Å². The van der Waals surface area contributed by atoms with Crippen molar-refractivity contribution in [2.45, 2.75) is 42.3 Å². The second-order valence-corrected chi connectivity index (χ2v) is 20.4. The van der Waals surface area contributed by atoms with Crippen LogP contribution in [0.3, 0.4) is 0 Å². The van der Waals surface area contributed by atoms with E-state index in [4.69, 9.17) is 4.98 Å². The van der Waals surface area contributed by atoms with Crippen LogP contribution < -0.4 is 19.3 Å². The van der Waals surface area contributed by atoms with E-state index >= 15 is 0 Å². The van der Waals surface area contributed by atoms with Crippen molar-refractivity contribution in [2.24, 2.45) is 0 Å². The molecule has 0 radical (unpaired) electrons. The second-order valence-electron chi connectivity index (χ2n) is 14.8. The minimum absolute atomic E-state index is 0.0692. The zero-order valence-electron chi connectivity index (χ0n) is 34.6. The van der Waals surface area contributed by atoms with Crippen LogP contribution >= 0.6 is 22.7 Å². The van der Waals surface area contributed by atoms with Gasteiger partial charge < -0.3 is 19.3 Å². The Bertz CT molecular complexity index is 2720. The summed E-state index contributed by atoms with van der Waals surface area (Å²) >= 11 is 3.06. The third-order valence-electron chi connectivity index (χ3n) is 10.3. The molecule has 0 aliphatic carbocycles. The largest absolute Gasteiger partial charge is 0.573 e. The molecule has 2 aromatic heterocycles. The lowest BCUT2D eigenvalue weighted by Gasteiger charge is -2.33. The summed E-state index contributed by atoms with van der Waals surface area (Å²) in [7, 11) is -7.63. The van der Waals surface area contributed by atoms with Crippen molar-refractivity contribution in [2.75, 3.05) is 62.2 Å². The molecule has 0 saturated carbocycles. The van der Waals surface area contributed by atoms with Crippen LogP contribution in [0.5, 0.6) is 11.5 Å². The lowest BCUT2D eigenvalue weighted by molar-refractivity contribution is -0.275. The molecule has 2 aliphatic rings. The third-order valence-corrected chi connectivity index (χ3v) is 16.1. The SMILES string of the molecule is Cc1ccccc1Cc1csc(N2CCN(S(=O)(=O)c3ccc(OC(F)(F)F)cc3)CC2)n1.O=S(=O)(c1ccc(OC(F)(F)F)cc1)N1CCN(c2nc(Cc3ccccc3)cs2)CC1. The molecule has 2 aliphatic heterocycles. The molecule has 0 N–H and O–H groups in total. The van der Waals surface area contributed by atoms with Crippen LogP contribution in [0, 0.1) is 6.92 Å². The van der Waals surface area contributed by atoms with Crippen LogP contribution in [0.2, 0.25) is 0 Å². The van der Waals surface area contributed by atoms with Gasteiger partial charge in [0.15, 0.2) is 10.3 Å². The molecule has 2 saturated heterocycles. The summed E-state index contributed by atoms with van der Waals surface area (Å²) in [6, 6.07) is 26.7. The van der Waals surface area contributed by atoms with E-state index in [2.05, 4.69) is 38.4 Å². The molecule has 12 nitrogen and oxygen atoms in total. The van der Waals surface area contributed by atoms with Crippen molar-refractivity contribution in [3.8, 4) is 11.5 Å². The number of piperazine rings is 2. The molecule has 0 bridgehead atoms. The minimum atomic E-state index is -4.83. The molecule has 0 spiro atoms. The molecule has 4 heterocycles. The Morgan fingerprint density at radius 2 is 0.938 bits per heavy atom. The van der Waals surface area contributed by atoms with E-state index in [1.807, 2.05) is 58.1 Å². The molecule has 2 fully saturated rings. The quantitative estimate of drug-likeness (QED) is 0.110. The molecular weight excluding hydrogens is 939 g/mol. The zero-order chi connectivity index (χ0) is 46.4. The Labute approximate surface area is 380 Å². The number of benzene rings is 4. The van der Waals surface area contributed by atoms with Gasteiger partial charge in [-0.3, -0.25) is 0 Å². The van der Waals surface area contributed by atoms with Gasteiger partial charge in [0.05, 0.1) is 21.2 Å². The predicted molar refractivity (Wildman–Crippen MR) is 236 cm³/mol. The van der Waals surface area contributed by atoms with E-state index in [1.54, 1.807) is 0 Å². The molecule has 6 aromatic rings. The normalized spacial score (nSPS) is 15.6. The van der Waals surface area contributed by atoms with Gasteiger partial charge in [-0.05, 0) is 72.1 Å². The van der Waals surface area contributed by atoms with Gasteiger partial charge in [0.2, 0.25) is 20.0 Å². The van der Waals surface area contributed by atoms with Crippen molar-refractivity contribution in [1.29, 1.82) is 0 Å². The molecule has 0 atom stereocenters. The van der Waals surface area contributed by atoms with Gasteiger partial charge in [-0.25, -0.2) is 26.8 Å². The summed E-state index contributed by atoms with van der Waals surface area (Å²) in [6.07, 6.45) is -8.18. The maximum absolute atomic E-state index is 12.9. The van der Waals surface area contributed by atoms with Gasteiger partial charge in [0.1, 0.15) is 11.5 Å². The molecule has 22 heteroatoms. The number of thiazole rings is 2. The van der Waals surface area contributed by atoms with Gasteiger partial charge in [0.25, 0.3) is 0 Å². The predicted octanol–water partition coefficient (Wildman–Crippen LogP) is 8.60. The molecule has 0 unspecified atom stereocenters. The number of halogens is 6. The maximum atomic E-state index is 12.9. The monoisotopic (exact) mass is 980 g/mol. The number of sulfonamides is 2. The van der Waals surface area contributed by atoms with Gasteiger partial charge in [-0.2, -0.15) is 8.61 Å². The highest BCUT2D eigenvalue weighted by atomic mass is 32.2. The Hall–Kier alpha value is -5.26. The van der Waals surface area contributed by atoms with E-state index in [9.17, 15) is 43.2 Å². The Morgan fingerprint density at radius 1 is 0.538 bits per heavy atom. The number of hydrogen-bond acceptors (Lipinski definition) is 12. The summed E-state index contributed by atoms with van der Waals surface area (Å²) in [5.74, 6) is -0.923. The van der Waals surface area contributed by atoms with Crippen LogP contribution in [-0.2, 0) is 32.9 Å². The number of anilines is 2. The van der Waals surface area contributed by atoms with Gasteiger partial charge in [0, 0.05) is 76.0 Å². The minimum Gasteiger partial charge on any atom is -0.406 e. The van der Waals surface area contributed by atoms with Crippen LogP contribution in [-0.4, -0.2) is 100 Å². The van der Waals surface area contributed by atoms with Crippen molar-refractivity contribution in [3.63, 3.8) is 0 Å².